The zero-order chi connectivity index (χ0) is 14.1. The van der Waals surface area contributed by atoms with Crippen molar-refractivity contribution in [3.8, 4) is 0 Å². The Bertz CT molecular complexity index is 405. The average Bonchev–Trinajstić information content (AvgIpc) is 2.16. The molecule has 0 aliphatic rings. The molecule has 1 rings (SSSR count). The Morgan fingerprint density at radius 2 is 1.61 bits per heavy atom. The summed E-state index contributed by atoms with van der Waals surface area (Å²) < 4.78 is 13.4. The summed E-state index contributed by atoms with van der Waals surface area (Å²) in [5, 5.41) is 0. The van der Waals surface area contributed by atoms with Gasteiger partial charge in [-0.05, 0) is 47.3 Å². The van der Waals surface area contributed by atoms with E-state index in [2.05, 4.69) is 41.5 Å². The summed E-state index contributed by atoms with van der Waals surface area (Å²) in [7, 11) is 0. The minimum atomic E-state index is -0.109. The SMILES string of the molecule is Cc1cc(C(CC(C)(C)C)C(C)(C)C)ccc1F. The molecule has 1 atom stereocenters. The lowest BCUT2D eigenvalue weighted by molar-refractivity contribution is 0.229. The number of halogens is 1. The minimum absolute atomic E-state index is 0.109. The van der Waals surface area contributed by atoms with Gasteiger partial charge in [-0.15, -0.1) is 0 Å². The van der Waals surface area contributed by atoms with E-state index in [1.165, 1.54) is 5.56 Å². The number of aryl methyl sites for hydroxylation is 1. The van der Waals surface area contributed by atoms with Gasteiger partial charge in [0.05, 0.1) is 0 Å². The van der Waals surface area contributed by atoms with Gasteiger partial charge in [0.1, 0.15) is 5.82 Å². The third-order valence-corrected chi connectivity index (χ3v) is 3.45. The lowest BCUT2D eigenvalue weighted by atomic mass is 9.69. The van der Waals surface area contributed by atoms with Crippen LogP contribution in [0.3, 0.4) is 0 Å². The van der Waals surface area contributed by atoms with Crippen molar-refractivity contribution in [2.24, 2.45) is 10.8 Å². The standard InChI is InChI=1S/C17H27F/c1-12-10-13(8-9-15(12)18)14(17(5,6)7)11-16(2,3)4/h8-10,14H,11H2,1-7H3. The summed E-state index contributed by atoms with van der Waals surface area (Å²) in [6, 6.07) is 5.56. The molecule has 1 aromatic carbocycles. The Kier molecular flexibility index (Phi) is 4.25. The predicted molar refractivity (Wildman–Crippen MR) is 77.4 cm³/mol. The summed E-state index contributed by atoms with van der Waals surface area (Å²) in [6.45, 7) is 15.4. The summed E-state index contributed by atoms with van der Waals surface area (Å²) in [4.78, 5) is 0. The van der Waals surface area contributed by atoms with Crippen LogP contribution in [0.1, 0.15) is 65.0 Å². The fourth-order valence-corrected chi connectivity index (χ4v) is 2.42. The summed E-state index contributed by atoms with van der Waals surface area (Å²) in [5.41, 5.74) is 2.48. The monoisotopic (exact) mass is 250 g/mol. The summed E-state index contributed by atoms with van der Waals surface area (Å²) >= 11 is 0. The third kappa shape index (κ3) is 4.12. The van der Waals surface area contributed by atoms with Gasteiger partial charge < -0.3 is 0 Å². The molecule has 1 aromatic rings. The van der Waals surface area contributed by atoms with Crippen LogP contribution in [0.4, 0.5) is 4.39 Å². The molecular formula is C17H27F. The van der Waals surface area contributed by atoms with Crippen LogP contribution in [0, 0.1) is 23.6 Å². The average molecular weight is 250 g/mol. The molecule has 18 heavy (non-hydrogen) atoms. The first-order chi connectivity index (χ1) is 8.00. The molecule has 0 N–H and O–H groups in total. The number of benzene rings is 1. The quantitative estimate of drug-likeness (QED) is 0.631. The maximum absolute atomic E-state index is 13.4. The summed E-state index contributed by atoms with van der Waals surface area (Å²) in [5.74, 6) is 0.346. The zero-order valence-electron chi connectivity index (χ0n) is 12.9. The Morgan fingerprint density at radius 1 is 1.06 bits per heavy atom. The van der Waals surface area contributed by atoms with Crippen molar-refractivity contribution in [3.05, 3.63) is 35.1 Å². The lowest BCUT2D eigenvalue weighted by Gasteiger charge is -2.36. The van der Waals surface area contributed by atoms with Gasteiger partial charge in [0.25, 0.3) is 0 Å². The van der Waals surface area contributed by atoms with E-state index in [1.807, 2.05) is 19.1 Å². The molecule has 0 nitrogen and oxygen atoms in total. The van der Waals surface area contributed by atoms with E-state index in [4.69, 9.17) is 0 Å². The highest BCUT2D eigenvalue weighted by atomic mass is 19.1. The first-order valence-corrected chi connectivity index (χ1v) is 6.77. The van der Waals surface area contributed by atoms with E-state index < -0.39 is 0 Å². The van der Waals surface area contributed by atoms with Crippen LogP contribution in [-0.4, -0.2) is 0 Å². The first-order valence-electron chi connectivity index (χ1n) is 6.77. The van der Waals surface area contributed by atoms with Crippen LogP contribution in [0.25, 0.3) is 0 Å². The number of hydrogen-bond donors (Lipinski definition) is 0. The topological polar surface area (TPSA) is 0 Å². The molecule has 0 aromatic heterocycles. The molecule has 0 amide bonds. The Morgan fingerprint density at radius 3 is 2.00 bits per heavy atom. The molecule has 1 heteroatoms. The molecule has 0 saturated heterocycles. The van der Waals surface area contributed by atoms with Gasteiger partial charge in [-0.25, -0.2) is 4.39 Å². The van der Waals surface area contributed by atoms with Crippen LogP contribution < -0.4 is 0 Å². The predicted octanol–water partition coefficient (Wildman–Crippen LogP) is 5.70. The van der Waals surface area contributed by atoms with Crippen molar-refractivity contribution in [2.45, 2.75) is 60.8 Å². The lowest BCUT2D eigenvalue weighted by Crippen LogP contribution is -2.24. The Hall–Kier alpha value is -0.850. The normalized spacial score (nSPS) is 14.7. The van der Waals surface area contributed by atoms with Crippen LogP contribution in [0.5, 0.6) is 0 Å². The number of hydrogen-bond acceptors (Lipinski definition) is 0. The fraction of sp³-hybridized carbons (Fsp3) is 0.647. The van der Waals surface area contributed by atoms with Crippen molar-refractivity contribution in [1.82, 2.24) is 0 Å². The molecule has 0 saturated carbocycles. The molecule has 0 aliphatic carbocycles. The van der Waals surface area contributed by atoms with Gasteiger partial charge in [-0.3, -0.25) is 0 Å². The third-order valence-electron chi connectivity index (χ3n) is 3.45. The van der Waals surface area contributed by atoms with Gasteiger partial charge in [0.2, 0.25) is 0 Å². The maximum Gasteiger partial charge on any atom is 0.126 e. The largest absolute Gasteiger partial charge is 0.207 e. The van der Waals surface area contributed by atoms with E-state index in [-0.39, 0.29) is 16.6 Å². The maximum atomic E-state index is 13.4. The zero-order valence-corrected chi connectivity index (χ0v) is 12.9. The fourth-order valence-electron chi connectivity index (χ4n) is 2.42. The smallest absolute Gasteiger partial charge is 0.126 e. The van der Waals surface area contributed by atoms with Crippen molar-refractivity contribution < 1.29 is 4.39 Å². The van der Waals surface area contributed by atoms with Crippen molar-refractivity contribution in [3.63, 3.8) is 0 Å². The van der Waals surface area contributed by atoms with Crippen LogP contribution in [-0.2, 0) is 0 Å². The molecule has 0 heterocycles. The van der Waals surface area contributed by atoms with E-state index in [9.17, 15) is 4.39 Å². The molecule has 0 bridgehead atoms. The molecule has 0 radical (unpaired) electrons. The van der Waals surface area contributed by atoms with E-state index in [1.54, 1.807) is 6.07 Å². The van der Waals surface area contributed by atoms with Gasteiger partial charge in [-0.2, -0.15) is 0 Å². The molecule has 0 aliphatic heterocycles. The first kappa shape index (κ1) is 15.2. The molecule has 1 unspecified atom stereocenters. The second-order valence-corrected chi connectivity index (χ2v) is 7.69. The van der Waals surface area contributed by atoms with Crippen molar-refractivity contribution >= 4 is 0 Å². The second-order valence-electron chi connectivity index (χ2n) is 7.69. The van der Waals surface area contributed by atoms with Crippen molar-refractivity contribution in [1.29, 1.82) is 0 Å². The molecule has 102 valence electrons. The van der Waals surface area contributed by atoms with Crippen LogP contribution in [0.15, 0.2) is 18.2 Å². The van der Waals surface area contributed by atoms with Gasteiger partial charge >= 0.3 is 0 Å². The van der Waals surface area contributed by atoms with E-state index in [0.717, 1.165) is 12.0 Å². The van der Waals surface area contributed by atoms with E-state index >= 15 is 0 Å². The Labute approximate surface area is 112 Å². The second kappa shape index (κ2) is 5.03. The van der Waals surface area contributed by atoms with Crippen LogP contribution >= 0.6 is 0 Å². The highest BCUT2D eigenvalue weighted by Crippen LogP contribution is 2.43. The van der Waals surface area contributed by atoms with Crippen molar-refractivity contribution in [2.75, 3.05) is 0 Å². The van der Waals surface area contributed by atoms with E-state index in [0.29, 0.717) is 5.92 Å². The Balaban J connectivity index is 3.14. The molecule has 0 fully saturated rings. The molecular weight excluding hydrogens is 223 g/mol. The van der Waals surface area contributed by atoms with Gasteiger partial charge in [0, 0.05) is 0 Å². The highest BCUT2D eigenvalue weighted by molar-refractivity contribution is 5.28. The number of rotatable bonds is 2. The highest BCUT2D eigenvalue weighted by Gasteiger charge is 2.30. The minimum Gasteiger partial charge on any atom is -0.207 e. The van der Waals surface area contributed by atoms with Crippen LogP contribution in [0.2, 0.25) is 0 Å². The summed E-state index contributed by atoms with van der Waals surface area (Å²) in [6.07, 6.45) is 1.11. The molecule has 0 spiro atoms. The van der Waals surface area contributed by atoms with Gasteiger partial charge in [0.15, 0.2) is 0 Å². The van der Waals surface area contributed by atoms with Gasteiger partial charge in [-0.1, -0.05) is 53.7 Å².